The molecule has 0 unspecified atom stereocenters. The van der Waals surface area contributed by atoms with Gasteiger partial charge in [0, 0.05) is 24.0 Å². The van der Waals surface area contributed by atoms with Gasteiger partial charge >= 0.3 is 0 Å². The van der Waals surface area contributed by atoms with Crippen LogP contribution in [0.4, 0.5) is 0 Å². The van der Waals surface area contributed by atoms with E-state index in [1.807, 2.05) is 12.1 Å². The van der Waals surface area contributed by atoms with Crippen LogP contribution in [0.1, 0.15) is 24.2 Å². The molecule has 0 radical (unpaired) electrons. The molecule has 94 valence electrons. The first kappa shape index (κ1) is 11.5. The molecule has 1 aliphatic carbocycles. The second kappa shape index (κ2) is 4.29. The van der Waals surface area contributed by atoms with Gasteiger partial charge in [0.15, 0.2) is 0 Å². The molecule has 1 aliphatic rings. The molecule has 1 heterocycles. The highest BCUT2D eigenvalue weighted by Gasteiger charge is 2.42. The van der Waals surface area contributed by atoms with Crippen LogP contribution in [0.25, 0.3) is 11.3 Å². The van der Waals surface area contributed by atoms with Gasteiger partial charge < -0.3 is 9.52 Å². The maximum absolute atomic E-state index is 9.33. The summed E-state index contributed by atoms with van der Waals surface area (Å²) >= 11 is 0. The van der Waals surface area contributed by atoms with Crippen LogP contribution in [-0.2, 0) is 6.42 Å². The van der Waals surface area contributed by atoms with Gasteiger partial charge in [-0.3, -0.25) is 0 Å². The lowest BCUT2D eigenvalue weighted by Crippen LogP contribution is -2.09. The van der Waals surface area contributed by atoms with Crippen molar-refractivity contribution in [2.75, 3.05) is 6.61 Å². The summed E-state index contributed by atoms with van der Waals surface area (Å²) in [6.07, 6.45) is 3.09. The molecule has 1 aromatic heterocycles. The first-order chi connectivity index (χ1) is 8.71. The predicted octanol–water partition coefficient (Wildman–Crippen LogP) is 3.57. The maximum atomic E-state index is 9.33. The Hall–Kier alpha value is -1.54. The van der Waals surface area contributed by atoms with E-state index in [1.54, 1.807) is 0 Å². The molecule has 0 atom stereocenters. The zero-order valence-electron chi connectivity index (χ0n) is 10.6. The molecule has 2 aromatic rings. The van der Waals surface area contributed by atoms with E-state index in [0.29, 0.717) is 0 Å². The van der Waals surface area contributed by atoms with Crippen LogP contribution in [0.2, 0.25) is 0 Å². The SMILES string of the molecule is Cc1ccc(-c2ccc(CC3(CO)CC3)o2)cc1. The fraction of sp³-hybridized carbons (Fsp3) is 0.375. The standard InChI is InChI=1S/C16H18O2/c1-12-2-4-13(5-3-12)15-7-6-14(18-15)10-16(11-17)8-9-16/h2-7,17H,8-11H2,1H3. The molecule has 3 rings (SSSR count). The van der Waals surface area contributed by atoms with E-state index in [2.05, 4.69) is 31.2 Å². The van der Waals surface area contributed by atoms with Crippen LogP contribution in [-0.4, -0.2) is 11.7 Å². The Morgan fingerprint density at radius 2 is 1.83 bits per heavy atom. The van der Waals surface area contributed by atoms with Crippen molar-refractivity contribution in [1.82, 2.24) is 0 Å². The summed E-state index contributed by atoms with van der Waals surface area (Å²) in [6, 6.07) is 12.4. The normalized spacial score (nSPS) is 16.8. The summed E-state index contributed by atoms with van der Waals surface area (Å²) in [5.74, 6) is 1.90. The third-order valence-corrected chi connectivity index (χ3v) is 3.84. The third-order valence-electron chi connectivity index (χ3n) is 3.84. The smallest absolute Gasteiger partial charge is 0.134 e. The topological polar surface area (TPSA) is 33.4 Å². The summed E-state index contributed by atoms with van der Waals surface area (Å²) in [4.78, 5) is 0. The minimum Gasteiger partial charge on any atom is -0.461 e. The largest absolute Gasteiger partial charge is 0.461 e. The summed E-state index contributed by atoms with van der Waals surface area (Å²) in [6.45, 7) is 2.35. The maximum Gasteiger partial charge on any atom is 0.134 e. The number of hydrogen-bond donors (Lipinski definition) is 1. The minimum atomic E-state index is 0.113. The molecule has 2 nitrogen and oxygen atoms in total. The third kappa shape index (κ3) is 2.21. The van der Waals surface area contributed by atoms with Gasteiger partial charge in [-0.15, -0.1) is 0 Å². The molecule has 0 amide bonds. The lowest BCUT2D eigenvalue weighted by Gasteiger charge is -2.08. The Kier molecular flexibility index (Phi) is 2.75. The van der Waals surface area contributed by atoms with Crippen molar-refractivity contribution in [3.63, 3.8) is 0 Å². The van der Waals surface area contributed by atoms with Gasteiger partial charge in [-0.25, -0.2) is 0 Å². The van der Waals surface area contributed by atoms with E-state index in [9.17, 15) is 5.11 Å². The van der Waals surface area contributed by atoms with E-state index in [4.69, 9.17) is 4.42 Å². The highest BCUT2D eigenvalue weighted by Crippen LogP contribution is 2.48. The highest BCUT2D eigenvalue weighted by atomic mass is 16.3. The van der Waals surface area contributed by atoms with Crippen molar-refractivity contribution >= 4 is 0 Å². The average molecular weight is 242 g/mol. The van der Waals surface area contributed by atoms with Crippen molar-refractivity contribution in [2.45, 2.75) is 26.2 Å². The fourth-order valence-corrected chi connectivity index (χ4v) is 2.28. The van der Waals surface area contributed by atoms with E-state index < -0.39 is 0 Å². The highest BCUT2D eigenvalue weighted by molar-refractivity contribution is 5.57. The van der Waals surface area contributed by atoms with E-state index in [1.165, 1.54) is 5.56 Å². The summed E-state index contributed by atoms with van der Waals surface area (Å²) in [5.41, 5.74) is 2.48. The summed E-state index contributed by atoms with van der Waals surface area (Å²) < 4.78 is 5.88. The molecular formula is C16H18O2. The molecule has 1 saturated carbocycles. The molecule has 0 aliphatic heterocycles. The van der Waals surface area contributed by atoms with E-state index >= 15 is 0 Å². The van der Waals surface area contributed by atoms with Crippen LogP contribution in [0, 0.1) is 12.3 Å². The second-order valence-corrected chi connectivity index (χ2v) is 5.47. The molecule has 0 bridgehead atoms. The first-order valence-corrected chi connectivity index (χ1v) is 6.47. The van der Waals surface area contributed by atoms with Crippen molar-refractivity contribution < 1.29 is 9.52 Å². The van der Waals surface area contributed by atoms with Crippen molar-refractivity contribution in [2.24, 2.45) is 5.41 Å². The molecule has 0 saturated heterocycles. The predicted molar refractivity (Wildman–Crippen MR) is 71.3 cm³/mol. The molecule has 18 heavy (non-hydrogen) atoms. The van der Waals surface area contributed by atoms with Crippen LogP contribution >= 0.6 is 0 Å². The zero-order chi connectivity index (χ0) is 12.6. The summed E-state index contributed by atoms with van der Waals surface area (Å²) in [7, 11) is 0. The van der Waals surface area contributed by atoms with Crippen LogP contribution in [0.3, 0.4) is 0 Å². The molecule has 1 fully saturated rings. The lowest BCUT2D eigenvalue weighted by atomic mass is 10.0. The number of hydrogen-bond acceptors (Lipinski definition) is 2. The molecule has 2 heteroatoms. The van der Waals surface area contributed by atoms with E-state index in [-0.39, 0.29) is 12.0 Å². The Bertz CT molecular complexity index is 532. The van der Waals surface area contributed by atoms with Gasteiger partial charge in [0.2, 0.25) is 0 Å². The fourth-order valence-electron chi connectivity index (χ4n) is 2.28. The van der Waals surface area contributed by atoms with Gasteiger partial charge in [0.25, 0.3) is 0 Å². The number of aryl methyl sites for hydroxylation is 1. The van der Waals surface area contributed by atoms with E-state index in [0.717, 1.165) is 36.3 Å². The minimum absolute atomic E-state index is 0.113. The quantitative estimate of drug-likeness (QED) is 0.889. The molecule has 1 N–H and O–H groups in total. The Balaban J connectivity index is 1.79. The van der Waals surface area contributed by atoms with Gasteiger partial charge in [-0.05, 0) is 31.9 Å². The zero-order valence-corrected chi connectivity index (χ0v) is 10.6. The van der Waals surface area contributed by atoms with Crippen molar-refractivity contribution in [3.05, 3.63) is 47.7 Å². The Morgan fingerprint density at radius 1 is 1.11 bits per heavy atom. The Labute approximate surface area is 107 Å². The monoisotopic (exact) mass is 242 g/mol. The number of furan rings is 1. The Morgan fingerprint density at radius 3 is 2.44 bits per heavy atom. The lowest BCUT2D eigenvalue weighted by molar-refractivity contribution is 0.205. The molecular weight excluding hydrogens is 224 g/mol. The van der Waals surface area contributed by atoms with Crippen LogP contribution in [0.15, 0.2) is 40.8 Å². The second-order valence-electron chi connectivity index (χ2n) is 5.47. The van der Waals surface area contributed by atoms with Crippen LogP contribution < -0.4 is 0 Å². The average Bonchev–Trinajstić information content (AvgIpc) is 3.00. The number of rotatable bonds is 4. The van der Waals surface area contributed by atoms with Gasteiger partial charge in [0.05, 0.1) is 0 Å². The van der Waals surface area contributed by atoms with Crippen molar-refractivity contribution in [3.8, 4) is 11.3 Å². The molecule has 1 aromatic carbocycles. The van der Waals surface area contributed by atoms with Gasteiger partial charge in [-0.1, -0.05) is 29.8 Å². The van der Waals surface area contributed by atoms with Crippen LogP contribution in [0.5, 0.6) is 0 Å². The molecule has 0 spiro atoms. The summed E-state index contributed by atoms with van der Waals surface area (Å²) in [5, 5.41) is 9.33. The first-order valence-electron chi connectivity index (χ1n) is 6.47. The number of aliphatic hydroxyl groups is 1. The number of benzene rings is 1. The van der Waals surface area contributed by atoms with Gasteiger partial charge in [-0.2, -0.15) is 0 Å². The number of aliphatic hydroxyl groups excluding tert-OH is 1. The van der Waals surface area contributed by atoms with Gasteiger partial charge in [0.1, 0.15) is 11.5 Å². The van der Waals surface area contributed by atoms with Crippen molar-refractivity contribution in [1.29, 1.82) is 0 Å².